The number of aromatic nitrogens is 2. The van der Waals surface area contributed by atoms with Crippen LogP contribution in [0.2, 0.25) is 0 Å². The van der Waals surface area contributed by atoms with Gasteiger partial charge in [0.2, 0.25) is 0 Å². The molecule has 1 fully saturated rings. The number of aliphatic hydroxyl groups excluding tert-OH is 1. The Morgan fingerprint density at radius 2 is 2.03 bits per heavy atom. The Morgan fingerprint density at radius 3 is 2.88 bits per heavy atom. The second-order valence-electron chi connectivity index (χ2n) is 11.0. The second kappa shape index (κ2) is 6.91. The van der Waals surface area contributed by atoms with E-state index >= 15 is 0 Å². The second-order valence-corrected chi connectivity index (χ2v) is 11.0. The highest BCUT2D eigenvalue weighted by molar-refractivity contribution is 5.87. The number of nitrogens with zero attached hydrogens (tertiary/aromatic N) is 1. The number of benzene rings is 1. The lowest BCUT2D eigenvalue weighted by Crippen LogP contribution is -2.51. The fourth-order valence-electron chi connectivity index (χ4n) is 7.38. The number of hydrogen-bond donors (Lipinski definition) is 3. The largest absolute Gasteiger partial charge is 0.393 e. The van der Waals surface area contributed by atoms with E-state index < -0.39 is 5.60 Å². The van der Waals surface area contributed by atoms with Crippen LogP contribution in [0.25, 0.3) is 16.5 Å². The van der Waals surface area contributed by atoms with Crippen LogP contribution in [-0.4, -0.2) is 32.1 Å². The van der Waals surface area contributed by atoms with E-state index in [1.807, 2.05) is 0 Å². The minimum absolute atomic E-state index is 0.114. The van der Waals surface area contributed by atoms with E-state index in [2.05, 4.69) is 67.4 Å². The third-order valence-corrected chi connectivity index (χ3v) is 9.43. The van der Waals surface area contributed by atoms with Crippen LogP contribution >= 0.6 is 0 Å². The van der Waals surface area contributed by atoms with Crippen molar-refractivity contribution in [3.63, 3.8) is 0 Å². The monoisotopic (exact) mass is 430 g/mol. The molecule has 0 saturated heterocycles. The number of aliphatic hydroxyl groups is 2. The van der Waals surface area contributed by atoms with Crippen molar-refractivity contribution in [2.45, 2.75) is 71.0 Å². The van der Waals surface area contributed by atoms with Gasteiger partial charge in [0, 0.05) is 22.4 Å². The maximum Gasteiger partial charge on any atom is 0.0933 e. The molecule has 168 valence electrons. The molecular weight excluding hydrogens is 396 g/mol. The zero-order valence-electron chi connectivity index (χ0n) is 19.4. The molecule has 32 heavy (non-hydrogen) atoms. The van der Waals surface area contributed by atoms with Gasteiger partial charge in [-0.3, -0.25) is 5.10 Å². The summed E-state index contributed by atoms with van der Waals surface area (Å²) in [7, 11) is 0. The first-order chi connectivity index (χ1) is 15.3. The molecule has 4 heteroatoms. The number of hydrogen-bond acceptors (Lipinski definition) is 3. The van der Waals surface area contributed by atoms with E-state index in [1.165, 1.54) is 22.1 Å². The van der Waals surface area contributed by atoms with Crippen molar-refractivity contribution in [3.8, 4) is 0 Å². The van der Waals surface area contributed by atoms with Crippen molar-refractivity contribution in [2.75, 3.05) is 0 Å². The van der Waals surface area contributed by atoms with Gasteiger partial charge in [-0.2, -0.15) is 5.10 Å². The number of rotatable bonds is 1. The molecule has 6 atom stereocenters. The zero-order valence-corrected chi connectivity index (χ0v) is 19.4. The predicted octanol–water partition coefficient (Wildman–Crippen LogP) is 5.47. The third kappa shape index (κ3) is 2.72. The summed E-state index contributed by atoms with van der Waals surface area (Å²) in [6.07, 6.45) is 12.2. The van der Waals surface area contributed by atoms with Crippen LogP contribution in [0, 0.1) is 30.1 Å². The summed E-state index contributed by atoms with van der Waals surface area (Å²) < 4.78 is 0. The van der Waals surface area contributed by atoms with Gasteiger partial charge in [-0.15, -0.1) is 0 Å². The normalized spacial score (nSPS) is 38.8. The molecule has 2 aromatic rings. The van der Waals surface area contributed by atoms with Gasteiger partial charge in [-0.05, 0) is 86.1 Å². The zero-order chi connectivity index (χ0) is 22.3. The topological polar surface area (TPSA) is 69.1 Å². The van der Waals surface area contributed by atoms with Crippen LogP contribution in [0.3, 0.4) is 0 Å². The quantitative estimate of drug-likeness (QED) is 0.562. The minimum atomic E-state index is -0.801. The van der Waals surface area contributed by atoms with Crippen LogP contribution in [0.5, 0.6) is 0 Å². The molecule has 0 bridgehead atoms. The minimum Gasteiger partial charge on any atom is -0.393 e. The first kappa shape index (κ1) is 20.4. The van der Waals surface area contributed by atoms with Gasteiger partial charge in [0.25, 0.3) is 0 Å². The molecule has 0 spiro atoms. The Labute approximate surface area is 190 Å². The number of aryl methyl sites for hydroxylation is 1. The Kier molecular flexibility index (Phi) is 4.42. The van der Waals surface area contributed by atoms with E-state index in [0.29, 0.717) is 11.8 Å². The number of H-pyrrole nitrogens is 1. The van der Waals surface area contributed by atoms with Crippen molar-refractivity contribution in [1.82, 2.24) is 10.2 Å². The Balaban J connectivity index is 1.43. The number of nitrogens with one attached hydrogen (secondary N) is 1. The van der Waals surface area contributed by atoms with Crippen LogP contribution in [-0.2, 0) is 0 Å². The molecule has 1 aromatic carbocycles. The highest BCUT2D eigenvalue weighted by atomic mass is 16.3. The van der Waals surface area contributed by atoms with Gasteiger partial charge in [0.05, 0.1) is 17.2 Å². The van der Waals surface area contributed by atoms with E-state index in [1.54, 1.807) is 0 Å². The molecule has 0 amide bonds. The lowest BCUT2D eigenvalue weighted by atomic mass is 9.54. The maximum atomic E-state index is 12.3. The van der Waals surface area contributed by atoms with E-state index in [4.69, 9.17) is 0 Å². The van der Waals surface area contributed by atoms with Gasteiger partial charge in [0.1, 0.15) is 0 Å². The SMILES string of the molecule is Cc1[nH]nc2ccc(C3=CCC4C3(C)C(C)C=C3C=C5CC(O)CCC5CC[C@@]34O)cc12. The fourth-order valence-corrected chi connectivity index (χ4v) is 7.38. The Morgan fingerprint density at radius 1 is 1.19 bits per heavy atom. The van der Waals surface area contributed by atoms with Crippen LogP contribution < -0.4 is 0 Å². The molecule has 1 aromatic heterocycles. The van der Waals surface area contributed by atoms with Crippen LogP contribution in [0.1, 0.15) is 63.6 Å². The van der Waals surface area contributed by atoms with E-state index in [-0.39, 0.29) is 17.4 Å². The summed E-state index contributed by atoms with van der Waals surface area (Å²) in [4.78, 5) is 0. The molecule has 6 rings (SSSR count). The van der Waals surface area contributed by atoms with Gasteiger partial charge in [-0.25, -0.2) is 0 Å². The average molecular weight is 431 g/mol. The third-order valence-electron chi connectivity index (χ3n) is 9.43. The lowest BCUT2D eigenvalue weighted by molar-refractivity contribution is -0.0455. The molecule has 4 nitrogen and oxygen atoms in total. The molecule has 5 unspecified atom stereocenters. The molecular formula is C28H34N2O2. The van der Waals surface area contributed by atoms with Crippen molar-refractivity contribution in [1.29, 1.82) is 0 Å². The van der Waals surface area contributed by atoms with Gasteiger partial charge >= 0.3 is 0 Å². The summed E-state index contributed by atoms with van der Waals surface area (Å²) in [6, 6.07) is 6.58. The standard InChI is InChI=1S/C28H34N2O2/c1-16-12-21-13-20-14-22(31)6-4-18(20)10-11-28(21,32)26-9-7-24(27(16,26)3)19-5-8-25-23(15-19)17(2)29-30-25/h5,7-8,12-13,15-16,18,22,26,31-32H,4,6,9-11,14H2,1-3H3,(H,29,30)/t16?,18?,22?,26?,27?,28-/m1/s1. The molecule has 0 radical (unpaired) electrons. The highest BCUT2D eigenvalue weighted by Crippen LogP contribution is 2.63. The number of fused-ring (bicyclic) bond motifs is 5. The van der Waals surface area contributed by atoms with E-state index in [9.17, 15) is 10.2 Å². The van der Waals surface area contributed by atoms with Crippen LogP contribution in [0.4, 0.5) is 0 Å². The maximum absolute atomic E-state index is 12.3. The smallest absolute Gasteiger partial charge is 0.0933 e. The molecule has 0 aliphatic heterocycles. The summed E-state index contributed by atoms with van der Waals surface area (Å²) in [5.41, 5.74) is 6.27. The van der Waals surface area contributed by atoms with Gasteiger partial charge in [-0.1, -0.05) is 43.7 Å². The first-order valence-electron chi connectivity index (χ1n) is 12.3. The van der Waals surface area contributed by atoms with Crippen molar-refractivity contribution >= 4 is 16.5 Å². The lowest BCUT2D eigenvalue weighted by Gasteiger charge is -2.51. The Bertz CT molecular complexity index is 1190. The van der Waals surface area contributed by atoms with Gasteiger partial charge in [0.15, 0.2) is 0 Å². The van der Waals surface area contributed by atoms with Crippen LogP contribution in [0.15, 0.2) is 47.6 Å². The molecule has 1 saturated carbocycles. The summed E-state index contributed by atoms with van der Waals surface area (Å²) in [5, 5.41) is 31.2. The van der Waals surface area contributed by atoms with Crippen molar-refractivity contribution < 1.29 is 10.2 Å². The van der Waals surface area contributed by atoms with Crippen molar-refractivity contribution in [2.24, 2.45) is 23.2 Å². The summed E-state index contributed by atoms with van der Waals surface area (Å²) >= 11 is 0. The summed E-state index contributed by atoms with van der Waals surface area (Å²) in [6.45, 7) is 6.76. The fraction of sp³-hybridized carbons (Fsp3) is 0.536. The molecule has 3 N–H and O–H groups in total. The number of allylic oxidation sites excluding steroid dienone is 3. The first-order valence-corrected chi connectivity index (χ1v) is 12.3. The molecule has 4 aliphatic carbocycles. The predicted molar refractivity (Wildman–Crippen MR) is 128 cm³/mol. The average Bonchev–Trinajstić information content (AvgIpc) is 3.28. The van der Waals surface area contributed by atoms with Gasteiger partial charge < -0.3 is 10.2 Å². The highest BCUT2D eigenvalue weighted by Gasteiger charge is 2.58. The van der Waals surface area contributed by atoms with Crippen molar-refractivity contribution in [3.05, 3.63) is 58.8 Å². The Hall–Kier alpha value is -2.17. The summed E-state index contributed by atoms with van der Waals surface area (Å²) in [5.74, 6) is 0.999. The molecule has 1 heterocycles. The van der Waals surface area contributed by atoms with E-state index in [0.717, 1.165) is 55.3 Å². The molecule has 4 aliphatic rings. The number of aromatic amines is 1.